The van der Waals surface area contributed by atoms with Crippen molar-refractivity contribution in [3.8, 4) is 56.3 Å². The van der Waals surface area contributed by atoms with Crippen LogP contribution in [-0.4, -0.2) is 9.97 Å². The van der Waals surface area contributed by atoms with E-state index in [0.29, 0.717) is 56.2 Å². The largest absolute Gasteiger partial charge is 0.436 e. The molecule has 2 heterocycles. The number of rotatable bonds is 4. The van der Waals surface area contributed by atoms with Gasteiger partial charge in [-0.1, -0.05) is 98.7 Å². The van der Waals surface area contributed by atoms with Gasteiger partial charge in [0.15, 0.2) is 11.2 Å². The lowest BCUT2D eigenvalue weighted by Gasteiger charge is -2.22. The molecule has 0 bridgehead atoms. The number of oxazole rings is 2. The first kappa shape index (κ1) is 21.9. The van der Waals surface area contributed by atoms with Gasteiger partial charge in [-0.15, -0.1) is 0 Å². The molecule has 2 aromatic heterocycles. The van der Waals surface area contributed by atoms with Crippen LogP contribution in [0.25, 0.3) is 78.5 Å². The Hall–Kier alpha value is -5.74. The van der Waals surface area contributed by atoms with Crippen molar-refractivity contribution in [3.05, 3.63) is 144 Å². The van der Waals surface area contributed by atoms with Gasteiger partial charge >= 0.3 is 0 Å². The summed E-state index contributed by atoms with van der Waals surface area (Å²) < 4.78 is 49.2. The first-order valence-corrected chi connectivity index (χ1v) is 14.9. The van der Waals surface area contributed by atoms with Gasteiger partial charge in [-0.2, -0.15) is 0 Å². The Morgan fingerprint density at radius 1 is 0.489 bits per heavy atom. The maximum absolute atomic E-state index is 9.25. The van der Waals surface area contributed by atoms with E-state index in [1.54, 1.807) is 12.1 Å². The molecule has 0 amide bonds. The van der Waals surface area contributed by atoms with E-state index in [4.69, 9.17) is 18.8 Å². The summed E-state index contributed by atoms with van der Waals surface area (Å²) in [7, 11) is 0. The molecule has 0 spiro atoms. The van der Waals surface area contributed by atoms with Crippen molar-refractivity contribution in [3.63, 3.8) is 0 Å². The summed E-state index contributed by atoms with van der Waals surface area (Å²) in [6.07, 6.45) is 0. The molecule has 0 saturated carbocycles. The highest BCUT2D eigenvalue weighted by molar-refractivity contribution is 5.85. The highest BCUT2D eigenvalue weighted by atomic mass is 16.4. The van der Waals surface area contributed by atoms with Gasteiger partial charge in [-0.3, -0.25) is 0 Å². The van der Waals surface area contributed by atoms with Crippen LogP contribution < -0.4 is 0 Å². The third kappa shape index (κ3) is 4.14. The monoisotopic (exact) mass is 584 g/mol. The minimum atomic E-state index is -0.272. The molecule has 0 atom stereocenters. The van der Waals surface area contributed by atoms with E-state index in [0.717, 1.165) is 11.1 Å². The SMILES string of the molecule is [2H]c1c([2H])c(-c2ccc3c(c2)C(C)(C)c2ccccc2-3)c([2H])c([2H])c1-c1cc(-c2nc3ccccc3o2)cc(-c2nc3ccccc3o2)c1. The highest BCUT2D eigenvalue weighted by Gasteiger charge is 2.35. The average molecular weight is 585 g/mol. The van der Waals surface area contributed by atoms with E-state index in [1.807, 2.05) is 84.9 Å². The molecule has 45 heavy (non-hydrogen) atoms. The predicted molar refractivity (Wildman–Crippen MR) is 181 cm³/mol. The number of benzene rings is 6. The van der Waals surface area contributed by atoms with Gasteiger partial charge in [0.2, 0.25) is 11.8 Å². The van der Waals surface area contributed by atoms with Gasteiger partial charge in [-0.05, 0) is 93.0 Å². The normalized spacial score (nSPS) is 14.5. The van der Waals surface area contributed by atoms with E-state index in [-0.39, 0.29) is 40.7 Å². The summed E-state index contributed by atoms with van der Waals surface area (Å²) in [4.78, 5) is 9.40. The zero-order chi connectivity index (χ0) is 33.6. The fourth-order valence-corrected chi connectivity index (χ4v) is 6.47. The second-order valence-electron chi connectivity index (χ2n) is 12.0. The standard InChI is InChI=1S/C41H28N2O2/c1-41(2)33-10-4-3-9-31(33)32-20-19-27(24-34(32)41)25-15-17-26(18-16-25)28-21-29(39-42-35-11-5-7-13-37(35)44-39)23-30(22-28)40-43-36-12-6-8-14-38(36)45-40/h3-24H,1-2H3/i15D,16D,17D,18D. The minimum Gasteiger partial charge on any atom is -0.436 e. The van der Waals surface area contributed by atoms with Crippen molar-refractivity contribution >= 4 is 22.2 Å². The summed E-state index contributed by atoms with van der Waals surface area (Å²) in [5, 5.41) is 0. The number of hydrogen-bond acceptors (Lipinski definition) is 4. The van der Waals surface area contributed by atoms with E-state index >= 15 is 0 Å². The van der Waals surface area contributed by atoms with Crippen molar-refractivity contribution < 1.29 is 14.3 Å². The maximum atomic E-state index is 9.25. The molecule has 0 fully saturated rings. The predicted octanol–water partition coefficient (Wildman–Crippen LogP) is 10.9. The Morgan fingerprint density at radius 2 is 1.00 bits per heavy atom. The quantitative estimate of drug-likeness (QED) is 0.206. The number of fused-ring (bicyclic) bond motifs is 5. The Kier molecular flexibility index (Phi) is 4.68. The third-order valence-electron chi connectivity index (χ3n) is 8.80. The molecule has 6 aromatic carbocycles. The van der Waals surface area contributed by atoms with Crippen LogP contribution >= 0.6 is 0 Å². The van der Waals surface area contributed by atoms with Crippen molar-refractivity contribution in [2.75, 3.05) is 0 Å². The van der Waals surface area contributed by atoms with Crippen LogP contribution in [0.15, 0.2) is 142 Å². The Morgan fingerprint density at radius 3 is 1.62 bits per heavy atom. The fourth-order valence-electron chi connectivity index (χ4n) is 6.47. The molecule has 9 rings (SSSR count). The summed E-state index contributed by atoms with van der Waals surface area (Å²) in [5.74, 6) is 0.711. The molecule has 1 aliphatic carbocycles. The molecule has 0 saturated heterocycles. The first-order valence-electron chi connectivity index (χ1n) is 16.9. The summed E-state index contributed by atoms with van der Waals surface area (Å²) in [5.41, 5.74) is 9.73. The van der Waals surface area contributed by atoms with Crippen LogP contribution in [0.1, 0.15) is 30.5 Å². The van der Waals surface area contributed by atoms with Gasteiger partial charge in [-0.25, -0.2) is 9.97 Å². The van der Waals surface area contributed by atoms with Gasteiger partial charge in [0.25, 0.3) is 0 Å². The third-order valence-corrected chi connectivity index (χ3v) is 8.80. The van der Waals surface area contributed by atoms with Gasteiger partial charge < -0.3 is 8.83 Å². The van der Waals surface area contributed by atoms with Crippen LogP contribution in [0.3, 0.4) is 0 Å². The second kappa shape index (κ2) is 9.63. The van der Waals surface area contributed by atoms with Crippen LogP contribution in [0.4, 0.5) is 0 Å². The second-order valence-corrected chi connectivity index (χ2v) is 12.0. The zero-order valence-corrected chi connectivity index (χ0v) is 24.6. The van der Waals surface area contributed by atoms with Crippen molar-refractivity contribution in [2.45, 2.75) is 19.3 Å². The molecule has 1 aliphatic rings. The first-order chi connectivity index (χ1) is 23.7. The molecule has 8 aromatic rings. The van der Waals surface area contributed by atoms with Crippen molar-refractivity contribution in [1.82, 2.24) is 9.97 Å². The lowest BCUT2D eigenvalue weighted by Crippen LogP contribution is -2.14. The number of aromatic nitrogens is 2. The van der Waals surface area contributed by atoms with E-state index in [2.05, 4.69) is 26.0 Å². The van der Waals surface area contributed by atoms with Crippen LogP contribution in [0, 0.1) is 0 Å². The molecule has 0 N–H and O–H groups in total. The van der Waals surface area contributed by atoms with Gasteiger partial charge in [0, 0.05) is 16.5 Å². The lowest BCUT2D eigenvalue weighted by molar-refractivity contribution is 0.617. The lowest BCUT2D eigenvalue weighted by atomic mass is 9.81. The smallest absolute Gasteiger partial charge is 0.227 e. The Labute approximate surface area is 266 Å². The zero-order valence-electron chi connectivity index (χ0n) is 28.6. The topological polar surface area (TPSA) is 52.1 Å². The van der Waals surface area contributed by atoms with E-state index < -0.39 is 0 Å². The van der Waals surface area contributed by atoms with E-state index in [9.17, 15) is 5.48 Å². The molecule has 0 aliphatic heterocycles. The van der Waals surface area contributed by atoms with E-state index in [1.165, 1.54) is 11.1 Å². The van der Waals surface area contributed by atoms with Gasteiger partial charge in [0.1, 0.15) is 11.0 Å². The summed E-state index contributed by atoms with van der Waals surface area (Å²) in [6, 6.07) is 34.2. The molecule has 214 valence electrons. The van der Waals surface area contributed by atoms with Crippen molar-refractivity contribution in [1.29, 1.82) is 0 Å². The number of hydrogen-bond donors (Lipinski definition) is 0. The minimum absolute atomic E-state index is 0.111. The summed E-state index contributed by atoms with van der Waals surface area (Å²) in [6.45, 7) is 4.36. The van der Waals surface area contributed by atoms with Crippen LogP contribution in [0.5, 0.6) is 0 Å². The average Bonchev–Trinajstić information content (AvgIpc) is 3.81. The van der Waals surface area contributed by atoms with Crippen LogP contribution in [-0.2, 0) is 5.41 Å². The molecule has 0 unspecified atom stereocenters. The molecule has 4 nitrogen and oxygen atoms in total. The van der Waals surface area contributed by atoms with Crippen molar-refractivity contribution in [2.24, 2.45) is 0 Å². The summed E-state index contributed by atoms with van der Waals surface area (Å²) >= 11 is 0. The molecular formula is C41H28N2O2. The molecule has 0 radical (unpaired) electrons. The number of nitrogens with zero attached hydrogens (tertiary/aromatic N) is 2. The highest BCUT2D eigenvalue weighted by Crippen LogP contribution is 2.49. The molecular weight excluding hydrogens is 552 g/mol. The fraction of sp³-hybridized carbons (Fsp3) is 0.0732. The number of para-hydroxylation sites is 4. The molecule has 4 heteroatoms. The Balaban J connectivity index is 1.23. The maximum Gasteiger partial charge on any atom is 0.227 e. The van der Waals surface area contributed by atoms with Crippen LogP contribution in [0.2, 0.25) is 0 Å². The Bertz CT molecular complexity index is 2470. The van der Waals surface area contributed by atoms with Gasteiger partial charge in [0.05, 0.1) is 5.48 Å².